The quantitative estimate of drug-likeness (QED) is 0.853. The summed E-state index contributed by atoms with van der Waals surface area (Å²) in [5.74, 6) is 0.406. The van der Waals surface area contributed by atoms with Gasteiger partial charge in [-0.3, -0.25) is 4.68 Å². The minimum absolute atomic E-state index is 0. The van der Waals surface area contributed by atoms with E-state index in [-0.39, 0.29) is 17.4 Å². The van der Waals surface area contributed by atoms with Crippen molar-refractivity contribution in [3.05, 3.63) is 12.3 Å². The van der Waals surface area contributed by atoms with Gasteiger partial charge in [0.05, 0.1) is 6.20 Å². The predicted octanol–water partition coefficient (Wildman–Crippen LogP) is 0.0719. The Labute approximate surface area is 114 Å². The number of sulfonamides is 1. The van der Waals surface area contributed by atoms with Crippen molar-refractivity contribution in [3.63, 3.8) is 0 Å². The number of hydrogen-bond donors (Lipinski definition) is 1. The average molecular weight is 295 g/mol. The van der Waals surface area contributed by atoms with Gasteiger partial charge in [-0.15, -0.1) is 12.4 Å². The highest BCUT2D eigenvalue weighted by Gasteiger charge is 2.33. The van der Waals surface area contributed by atoms with Gasteiger partial charge < -0.3 is 5.32 Å². The zero-order chi connectivity index (χ0) is 12.5. The van der Waals surface area contributed by atoms with E-state index in [9.17, 15) is 8.42 Å². The molecule has 1 saturated heterocycles. The van der Waals surface area contributed by atoms with Crippen LogP contribution in [0, 0.1) is 5.92 Å². The monoisotopic (exact) mass is 294 g/mol. The number of nitrogens with one attached hydrogen (secondary N) is 1. The van der Waals surface area contributed by atoms with Crippen molar-refractivity contribution in [1.29, 1.82) is 0 Å². The molecule has 1 aliphatic heterocycles. The van der Waals surface area contributed by atoms with Crippen LogP contribution < -0.4 is 5.32 Å². The smallest absolute Gasteiger partial charge is 0.260 e. The number of rotatable bonds is 4. The summed E-state index contributed by atoms with van der Waals surface area (Å²) < 4.78 is 27.6. The Morgan fingerprint density at radius 3 is 2.83 bits per heavy atom. The largest absolute Gasteiger partial charge is 0.319 e. The standard InChI is InChI=1S/C10H18N4O2S.ClH/c1-11-7-9-4-6-14(8-9)17(15,16)10-3-5-12-13(10)2;/h3,5,9,11H,4,6-8H2,1-2H3;1H. The fourth-order valence-electron chi connectivity index (χ4n) is 2.22. The van der Waals surface area contributed by atoms with E-state index in [4.69, 9.17) is 0 Å². The molecule has 0 radical (unpaired) electrons. The third-order valence-corrected chi connectivity index (χ3v) is 5.06. The summed E-state index contributed by atoms with van der Waals surface area (Å²) in [5.41, 5.74) is 0. The first kappa shape index (κ1) is 15.4. The maximum atomic E-state index is 12.3. The molecule has 8 heteroatoms. The van der Waals surface area contributed by atoms with Crippen LogP contribution in [0.2, 0.25) is 0 Å². The van der Waals surface area contributed by atoms with Gasteiger partial charge in [0.1, 0.15) is 0 Å². The lowest BCUT2D eigenvalue weighted by Gasteiger charge is -2.16. The van der Waals surface area contributed by atoms with Crippen molar-refractivity contribution < 1.29 is 8.42 Å². The number of aromatic nitrogens is 2. The lowest BCUT2D eigenvalue weighted by atomic mass is 10.1. The summed E-state index contributed by atoms with van der Waals surface area (Å²) in [5, 5.41) is 7.26. The second kappa shape index (κ2) is 6.01. The van der Waals surface area contributed by atoms with Crippen LogP contribution in [-0.4, -0.2) is 49.2 Å². The minimum atomic E-state index is -3.37. The summed E-state index contributed by atoms with van der Waals surface area (Å²) in [6.07, 6.45) is 2.42. The van der Waals surface area contributed by atoms with Crippen molar-refractivity contribution in [2.45, 2.75) is 11.4 Å². The molecule has 1 unspecified atom stereocenters. The summed E-state index contributed by atoms with van der Waals surface area (Å²) in [4.78, 5) is 0. The van der Waals surface area contributed by atoms with Crippen molar-refractivity contribution in [2.24, 2.45) is 13.0 Å². The SMILES string of the molecule is CNCC1CCN(S(=O)(=O)c2ccnn2C)C1.Cl. The molecule has 0 amide bonds. The van der Waals surface area contributed by atoms with E-state index in [1.165, 1.54) is 10.9 Å². The zero-order valence-corrected chi connectivity index (χ0v) is 12.2. The summed E-state index contributed by atoms with van der Waals surface area (Å²) in [7, 11) is 0.163. The highest BCUT2D eigenvalue weighted by molar-refractivity contribution is 7.89. The first-order valence-electron chi connectivity index (χ1n) is 5.68. The third-order valence-electron chi connectivity index (χ3n) is 3.12. The van der Waals surface area contributed by atoms with E-state index in [0.717, 1.165) is 13.0 Å². The second-order valence-corrected chi connectivity index (χ2v) is 6.25. The highest BCUT2D eigenvalue weighted by atomic mass is 35.5. The molecule has 0 saturated carbocycles. The van der Waals surface area contributed by atoms with Crippen LogP contribution in [0.1, 0.15) is 6.42 Å². The Hall–Kier alpha value is -0.630. The molecule has 1 N–H and O–H groups in total. The Kier molecular flexibility index (Phi) is 5.15. The van der Waals surface area contributed by atoms with Gasteiger partial charge in [-0.2, -0.15) is 9.40 Å². The lowest BCUT2D eigenvalue weighted by molar-refractivity contribution is 0.444. The lowest BCUT2D eigenvalue weighted by Crippen LogP contribution is -2.31. The van der Waals surface area contributed by atoms with Gasteiger partial charge in [0.2, 0.25) is 0 Å². The zero-order valence-electron chi connectivity index (χ0n) is 10.5. The highest BCUT2D eigenvalue weighted by Crippen LogP contribution is 2.23. The predicted molar refractivity (Wildman–Crippen MR) is 71.2 cm³/mol. The Morgan fingerprint density at radius 1 is 1.56 bits per heavy atom. The minimum Gasteiger partial charge on any atom is -0.319 e. The second-order valence-electron chi connectivity index (χ2n) is 4.37. The number of hydrogen-bond acceptors (Lipinski definition) is 4. The topological polar surface area (TPSA) is 67.2 Å². The van der Waals surface area contributed by atoms with Crippen molar-refractivity contribution in [1.82, 2.24) is 19.4 Å². The van der Waals surface area contributed by atoms with Crippen LogP contribution in [0.15, 0.2) is 17.3 Å². The average Bonchev–Trinajstić information content (AvgIpc) is 2.87. The van der Waals surface area contributed by atoms with Gasteiger partial charge in [-0.25, -0.2) is 8.42 Å². The van der Waals surface area contributed by atoms with Crippen LogP contribution >= 0.6 is 12.4 Å². The number of halogens is 1. The normalized spacial score (nSPS) is 20.9. The molecule has 0 bridgehead atoms. The van der Waals surface area contributed by atoms with E-state index in [2.05, 4.69) is 10.4 Å². The summed E-state index contributed by atoms with van der Waals surface area (Å²) in [6.45, 7) is 2.05. The molecule has 18 heavy (non-hydrogen) atoms. The maximum absolute atomic E-state index is 12.3. The van der Waals surface area contributed by atoms with Gasteiger partial charge in [-0.1, -0.05) is 0 Å². The van der Waals surface area contributed by atoms with E-state index in [0.29, 0.717) is 19.0 Å². The van der Waals surface area contributed by atoms with E-state index >= 15 is 0 Å². The Morgan fingerprint density at radius 2 is 2.28 bits per heavy atom. The van der Waals surface area contributed by atoms with Crippen LogP contribution in [0.4, 0.5) is 0 Å². The van der Waals surface area contributed by atoms with Gasteiger partial charge in [-0.05, 0) is 32.0 Å². The summed E-state index contributed by atoms with van der Waals surface area (Å²) in [6, 6.07) is 1.54. The Balaban J connectivity index is 0.00000162. The molecule has 2 rings (SSSR count). The molecule has 104 valence electrons. The van der Waals surface area contributed by atoms with E-state index < -0.39 is 10.0 Å². The fraction of sp³-hybridized carbons (Fsp3) is 0.700. The third kappa shape index (κ3) is 2.85. The van der Waals surface area contributed by atoms with Crippen LogP contribution in [-0.2, 0) is 17.1 Å². The molecule has 1 atom stereocenters. The molecule has 1 aliphatic rings. The van der Waals surface area contributed by atoms with Gasteiger partial charge in [0.25, 0.3) is 10.0 Å². The van der Waals surface area contributed by atoms with Crippen LogP contribution in [0.5, 0.6) is 0 Å². The molecular weight excluding hydrogens is 276 g/mol. The molecule has 6 nitrogen and oxygen atoms in total. The van der Waals surface area contributed by atoms with Gasteiger partial charge in [0, 0.05) is 20.1 Å². The van der Waals surface area contributed by atoms with Gasteiger partial charge >= 0.3 is 0 Å². The molecular formula is C10H19ClN4O2S. The first-order valence-corrected chi connectivity index (χ1v) is 7.12. The summed E-state index contributed by atoms with van der Waals surface area (Å²) >= 11 is 0. The molecule has 1 fully saturated rings. The number of nitrogens with zero attached hydrogens (tertiary/aromatic N) is 3. The fourth-order valence-corrected chi connectivity index (χ4v) is 3.85. The molecule has 1 aromatic heterocycles. The first-order chi connectivity index (χ1) is 8.05. The Bertz CT molecular complexity index is 488. The van der Waals surface area contributed by atoms with Crippen molar-refractivity contribution in [3.8, 4) is 0 Å². The molecule has 0 aliphatic carbocycles. The van der Waals surface area contributed by atoms with Gasteiger partial charge in [0.15, 0.2) is 5.03 Å². The number of aryl methyl sites for hydroxylation is 1. The maximum Gasteiger partial charge on any atom is 0.260 e. The molecule has 2 heterocycles. The molecule has 1 aromatic rings. The van der Waals surface area contributed by atoms with Crippen molar-refractivity contribution in [2.75, 3.05) is 26.7 Å². The van der Waals surface area contributed by atoms with E-state index in [1.54, 1.807) is 17.4 Å². The molecule has 0 aromatic carbocycles. The van der Waals surface area contributed by atoms with Crippen LogP contribution in [0.3, 0.4) is 0 Å². The molecule has 0 spiro atoms. The van der Waals surface area contributed by atoms with E-state index in [1.807, 2.05) is 7.05 Å². The van der Waals surface area contributed by atoms with Crippen LogP contribution in [0.25, 0.3) is 0 Å². The van der Waals surface area contributed by atoms with Crippen molar-refractivity contribution >= 4 is 22.4 Å².